The number of aryl methyl sites for hydroxylation is 6. The highest BCUT2D eigenvalue weighted by Crippen LogP contribution is 2.41. The minimum atomic E-state index is 0.683. The van der Waals surface area contributed by atoms with E-state index in [4.69, 9.17) is 33.2 Å². The molecule has 4 aromatic carbocycles. The number of halogens is 2. The Labute approximate surface area is 337 Å². The first-order valence-electron chi connectivity index (χ1n) is 18.9. The number of aromatic nitrogens is 4. The van der Waals surface area contributed by atoms with Crippen LogP contribution in [-0.4, -0.2) is 19.9 Å². The molecule has 0 saturated carbocycles. The van der Waals surface area contributed by atoms with Gasteiger partial charge in [-0.15, -0.1) is 0 Å². The maximum atomic E-state index is 6.45. The van der Waals surface area contributed by atoms with Crippen LogP contribution < -0.4 is 0 Å². The summed E-state index contributed by atoms with van der Waals surface area (Å²) in [5.41, 5.74) is 23.0. The first kappa shape index (κ1) is 35.7. The summed E-state index contributed by atoms with van der Waals surface area (Å²) in [6, 6.07) is 33.7. The monoisotopic (exact) mass is 766 g/mol. The molecule has 7 aromatic rings. The van der Waals surface area contributed by atoms with Crippen LogP contribution in [0.25, 0.3) is 90.9 Å². The van der Waals surface area contributed by atoms with E-state index in [9.17, 15) is 0 Å². The third kappa shape index (κ3) is 6.29. The highest BCUT2D eigenvalue weighted by molar-refractivity contribution is 6.31. The normalized spacial score (nSPS) is 12.1. The van der Waals surface area contributed by atoms with Crippen LogP contribution in [0.4, 0.5) is 0 Å². The molecule has 0 fully saturated rings. The molecule has 274 valence electrons. The molecule has 0 unspecified atom stereocenters. The molecule has 5 heterocycles. The van der Waals surface area contributed by atoms with Gasteiger partial charge in [0.15, 0.2) is 0 Å². The summed E-state index contributed by atoms with van der Waals surface area (Å²) in [5, 5.41) is 1.37. The maximum absolute atomic E-state index is 6.45. The van der Waals surface area contributed by atoms with Gasteiger partial charge in [0, 0.05) is 54.4 Å². The molecule has 2 N–H and O–H groups in total. The Hall–Kier alpha value is -5.94. The number of aromatic amines is 2. The molecule has 2 aliphatic rings. The molecule has 0 spiro atoms. The molecule has 0 aliphatic carbocycles. The topological polar surface area (TPSA) is 57.4 Å². The summed E-state index contributed by atoms with van der Waals surface area (Å²) in [5.74, 6) is 0. The molecule has 0 amide bonds. The lowest BCUT2D eigenvalue weighted by Crippen LogP contribution is -1.96. The van der Waals surface area contributed by atoms with Crippen LogP contribution in [0.15, 0.2) is 97.1 Å². The minimum absolute atomic E-state index is 0.683. The predicted molar refractivity (Wildman–Crippen MR) is 239 cm³/mol. The molecule has 6 heteroatoms. The minimum Gasteiger partial charge on any atom is -0.354 e. The third-order valence-electron chi connectivity index (χ3n) is 10.9. The van der Waals surface area contributed by atoms with E-state index >= 15 is 0 Å². The number of hydrogen-bond acceptors (Lipinski definition) is 2. The van der Waals surface area contributed by atoms with Crippen LogP contribution in [0, 0.1) is 41.5 Å². The van der Waals surface area contributed by atoms with Gasteiger partial charge in [0.05, 0.1) is 22.8 Å². The zero-order valence-electron chi connectivity index (χ0n) is 32.2. The highest BCUT2D eigenvalue weighted by atomic mass is 35.5. The molecule has 9 rings (SSSR count). The molecule has 0 radical (unpaired) electrons. The lowest BCUT2D eigenvalue weighted by Gasteiger charge is -2.14. The number of benzene rings is 4. The summed E-state index contributed by atoms with van der Waals surface area (Å²) in [7, 11) is 0. The Morgan fingerprint density at radius 3 is 1.02 bits per heavy atom. The Balaban J connectivity index is 1.51. The smallest absolute Gasteiger partial charge is 0.0738 e. The summed E-state index contributed by atoms with van der Waals surface area (Å²) < 4.78 is 0. The van der Waals surface area contributed by atoms with Gasteiger partial charge in [0.25, 0.3) is 0 Å². The van der Waals surface area contributed by atoms with Crippen LogP contribution in [0.5, 0.6) is 0 Å². The summed E-state index contributed by atoms with van der Waals surface area (Å²) in [6.45, 7) is 13.0. The molecule has 0 saturated heterocycles. The van der Waals surface area contributed by atoms with Crippen molar-refractivity contribution >= 4 is 69.6 Å². The fraction of sp³-hybridized carbons (Fsp3) is 0.120. The quantitative estimate of drug-likeness (QED) is 0.187. The van der Waals surface area contributed by atoms with E-state index in [1.807, 2.05) is 24.3 Å². The van der Waals surface area contributed by atoms with Crippen LogP contribution in [0.2, 0.25) is 10.0 Å². The second-order valence-electron chi connectivity index (χ2n) is 15.1. The van der Waals surface area contributed by atoms with Gasteiger partial charge in [-0.3, -0.25) is 0 Å². The number of nitrogens with one attached hydrogen (secondary N) is 2. The number of fused-ring (bicyclic) bond motifs is 8. The van der Waals surface area contributed by atoms with Crippen molar-refractivity contribution in [3.05, 3.63) is 163 Å². The van der Waals surface area contributed by atoms with Crippen LogP contribution >= 0.6 is 23.2 Å². The van der Waals surface area contributed by atoms with E-state index in [0.717, 1.165) is 83.8 Å². The van der Waals surface area contributed by atoms with Crippen molar-refractivity contribution in [2.45, 2.75) is 41.5 Å². The van der Waals surface area contributed by atoms with E-state index in [2.05, 4.69) is 149 Å². The van der Waals surface area contributed by atoms with E-state index in [-0.39, 0.29) is 0 Å². The van der Waals surface area contributed by atoms with Gasteiger partial charge in [-0.2, -0.15) is 0 Å². The average Bonchev–Trinajstić information content (AvgIpc) is 3.99. The fourth-order valence-electron chi connectivity index (χ4n) is 8.72. The first-order chi connectivity index (χ1) is 27.0. The molecule has 4 nitrogen and oxygen atoms in total. The average molecular weight is 768 g/mol. The summed E-state index contributed by atoms with van der Waals surface area (Å²) in [4.78, 5) is 18.7. The predicted octanol–water partition coefficient (Wildman–Crippen LogP) is 14.5. The van der Waals surface area contributed by atoms with Crippen molar-refractivity contribution in [2.75, 3.05) is 0 Å². The number of nitrogens with zero attached hydrogens (tertiary/aromatic N) is 2. The van der Waals surface area contributed by atoms with E-state index in [0.29, 0.717) is 10.0 Å². The molecular weight excluding hydrogens is 727 g/mol. The standard InChI is InChI=1S/C50H40Cl2N4/c1-27-23-29(3)45(30(4)24-27)49-41-19-15-37(53-41)47(33-7-11-35(51)12-8-33)39-17-21-43(55-39)50(46-31(5)25-28(2)26-32(46)6)44-22-18-40(56-44)48(38-16-20-42(49)54-38)34-9-13-36(52)14-10-34/h7-26,53-54H,1-6H3. The fourth-order valence-corrected chi connectivity index (χ4v) is 8.97. The van der Waals surface area contributed by atoms with E-state index in [1.54, 1.807) is 0 Å². The van der Waals surface area contributed by atoms with Gasteiger partial charge in [-0.1, -0.05) is 82.9 Å². The van der Waals surface area contributed by atoms with Crippen molar-refractivity contribution in [3.63, 3.8) is 0 Å². The van der Waals surface area contributed by atoms with Crippen molar-refractivity contribution in [1.82, 2.24) is 19.9 Å². The second kappa shape index (κ2) is 14.0. The van der Waals surface area contributed by atoms with Gasteiger partial charge in [-0.25, -0.2) is 9.97 Å². The van der Waals surface area contributed by atoms with Gasteiger partial charge >= 0.3 is 0 Å². The van der Waals surface area contributed by atoms with E-state index < -0.39 is 0 Å². The molecule has 0 atom stereocenters. The number of hydrogen-bond donors (Lipinski definition) is 2. The van der Waals surface area contributed by atoms with Crippen LogP contribution in [0.1, 0.15) is 56.2 Å². The number of rotatable bonds is 4. The van der Waals surface area contributed by atoms with Gasteiger partial charge in [0.2, 0.25) is 0 Å². The van der Waals surface area contributed by atoms with Gasteiger partial charge in [-0.05, 0) is 159 Å². The Morgan fingerprint density at radius 2 is 0.661 bits per heavy atom. The highest BCUT2D eigenvalue weighted by Gasteiger charge is 2.22. The van der Waals surface area contributed by atoms with Gasteiger partial charge in [0.1, 0.15) is 0 Å². The zero-order chi connectivity index (χ0) is 38.8. The maximum Gasteiger partial charge on any atom is 0.0738 e. The number of H-pyrrole nitrogens is 2. The molecule has 3 aromatic heterocycles. The van der Waals surface area contributed by atoms with Crippen molar-refractivity contribution in [3.8, 4) is 44.5 Å². The molecular formula is C50H40Cl2N4. The van der Waals surface area contributed by atoms with Crippen LogP contribution in [0.3, 0.4) is 0 Å². The van der Waals surface area contributed by atoms with Crippen molar-refractivity contribution < 1.29 is 0 Å². The lowest BCUT2D eigenvalue weighted by atomic mass is 9.92. The Kier molecular flexibility index (Phi) is 8.92. The SMILES string of the molecule is Cc1cc(C)c(-c2c3nc(c(-c4ccc(Cl)cc4)c4ccc([nH]4)c(-c4c(C)cc(C)cc4C)c4ccc([nH]4)c(-c4ccc(Cl)cc4)c4nc2C=C4)C=C3)c(C)c1. The molecule has 56 heavy (non-hydrogen) atoms. The Bertz CT molecular complexity index is 2790. The molecule has 8 bridgehead atoms. The third-order valence-corrected chi connectivity index (χ3v) is 11.4. The second-order valence-corrected chi connectivity index (χ2v) is 15.9. The van der Waals surface area contributed by atoms with Crippen molar-refractivity contribution in [2.24, 2.45) is 0 Å². The van der Waals surface area contributed by atoms with Crippen molar-refractivity contribution in [1.29, 1.82) is 0 Å². The lowest BCUT2D eigenvalue weighted by molar-refractivity contribution is 1.25. The Morgan fingerprint density at radius 1 is 0.357 bits per heavy atom. The molecule has 2 aliphatic heterocycles. The van der Waals surface area contributed by atoms with E-state index in [1.165, 1.54) is 38.9 Å². The van der Waals surface area contributed by atoms with Crippen LogP contribution in [-0.2, 0) is 0 Å². The first-order valence-corrected chi connectivity index (χ1v) is 19.6. The summed E-state index contributed by atoms with van der Waals surface area (Å²) >= 11 is 12.9. The zero-order valence-corrected chi connectivity index (χ0v) is 33.7. The summed E-state index contributed by atoms with van der Waals surface area (Å²) in [6.07, 6.45) is 8.52. The largest absolute Gasteiger partial charge is 0.354 e. The van der Waals surface area contributed by atoms with Gasteiger partial charge < -0.3 is 9.97 Å².